The largest absolute Gasteiger partial charge is 0.388 e. The van der Waals surface area contributed by atoms with Crippen LogP contribution >= 0.6 is 11.6 Å². The Bertz CT molecular complexity index is 557. The minimum Gasteiger partial charge on any atom is -0.388 e. The van der Waals surface area contributed by atoms with E-state index in [1.165, 1.54) is 0 Å². The van der Waals surface area contributed by atoms with Gasteiger partial charge in [0.15, 0.2) is 0 Å². The van der Waals surface area contributed by atoms with E-state index in [0.29, 0.717) is 11.4 Å². The number of nitrogens with zero attached hydrogens (tertiary/aromatic N) is 2. The second kappa shape index (κ2) is 5.46. The highest BCUT2D eigenvalue weighted by atomic mass is 35.5. The highest BCUT2D eigenvalue weighted by Crippen LogP contribution is 2.22. The van der Waals surface area contributed by atoms with Crippen molar-refractivity contribution in [1.82, 2.24) is 10.2 Å². The van der Waals surface area contributed by atoms with Crippen molar-refractivity contribution < 1.29 is 5.11 Å². The number of aliphatic hydroxyl groups excluding tert-OH is 1. The average molecular weight is 263 g/mol. The fraction of sp³-hybridized carbons (Fsp3) is 0.286. The topological polar surface area (TPSA) is 46.0 Å². The molecule has 0 aliphatic heterocycles. The van der Waals surface area contributed by atoms with Gasteiger partial charge < -0.3 is 5.11 Å². The highest BCUT2D eigenvalue weighted by molar-refractivity contribution is 6.30. The number of hydrogen-bond donors (Lipinski definition) is 1. The van der Waals surface area contributed by atoms with Gasteiger partial charge in [0.25, 0.3) is 0 Å². The maximum absolute atomic E-state index is 10.3. The number of benzene rings is 1. The van der Waals surface area contributed by atoms with Crippen LogP contribution in [0, 0.1) is 13.8 Å². The summed E-state index contributed by atoms with van der Waals surface area (Å²) in [4.78, 5) is 0. The van der Waals surface area contributed by atoms with Crippen molar-refractivity contribution in [1.29, 1.82) is 0 Å². The molecule has 0 radical (unpaired) electrons. The van der Waals surface area contributed by atoms with Gasteiger partial charge in [0.2, 0.25) is 0 Å². The number of aryl methyl sites for hydroxylation is 2. The van der Waals surface area contributed by atoms with Crippen LogP contribution in [0.2, 0.25) is 5.02 Å². The molecule has 0 saturated carbocycles. The summed E-state index contributed by atoms with van der Waals surface area (Å²) < 4.78 is 0. The molecule has 0 aliphatic rings. The molecule has 1 atom stereocenters. The van der Waals surface area contributed by atoms with Gasteiger partial charge in [-0.25, -0.2) is 0 Å². The summed E-state index contributed by atoms with van der Waals surface area (Å²) in [6.07, 6.45) is -0.0651. The quantitative estimate of drug-likeness (QED) is 0.925. The minimum absolute atomic E-state index is 0.520. The third-order valence-corrected chi connectivity index (χ3v) is 3.05. The number of rotatable bonds is 3. The van der Waals surface area contributed by atoms with Crippen LogP contribution in [0.15, 0.2) is 30.3 Å². The summed E-state index contributed by atoms with van der Waals surface area (Å²) in [6.45, 7) is 3.71. The van der Waals surface area contributed by atoms with Crippen LogP contribution in [0.5, 0.6) is 0 Å². The first-order valence-electron chi connectivity index (χ1n) is 5.79. The van der Waals surface area contributed by atoms with Crippen LogP contribution in [-0.2, 0) is 6.42 Å². The van der Waals surface area contributed by atoms with Crippen LogP contribution in [0.1, 0.15) is 28.6 Å². The molecule has 18 heavy (non-hydrogen) atoms. The molecule has 94 valence electrons. The molecule has 0 bridgehead atoms. The summed E-state index contributed by atoms with van der Waals surface area (Å²) in [5.74, 6) is 0. The SMILES string of the molecule is Cc1cc(C(O)Cc2cccc(Cl)c2)c(C)nn1. The molecular weight excluding hydrogens is 248 g/mol. The van der Waals surface area contributed by atoms with Crippen LogP contribution in [0.4, 0.5) is 0 Å². The van der Waals surface area contributed by atoms with Crippen LogP contribution in [-0.4, -0.2) is 15.3 Å². The lowest BCUT2D eigenvalue weighted by Gasteiger charge is -2.13. The molecule has 0 aliphatic carbocycles. The number of aromatic nitrogens is 2. The van der Waals surface area contributed by atoms with Crippen molar-refractivity contribution >= 4 is 11.6 Å². The number of hydrogen-bond acceptors (Lipinski definition) is 3. The standard InChI is InChI=1S/C14H15ClN2O/c1-9-6-13(10(2)17-16-9)14(18)8-11-4-3-5-12(15)7-11/h3-7,14,18H,8H2,1-2H3. The fourth-order valence-corrected chi connectivity index (χ4v) is 2.12. The first-order valence-corrected chi connectivity index (χ1v) is 6.17. The van der Waals surface area contributed by atoms with Gasteiger partial charge in [0.1, 0.15) is 0 Å². The van der Waals surface area contributed by atoms with Gasteiger partial charge >= 0.3 is 0 Å². The van der Waals surface area contributed by atoms with Gasteiger partial charge in [-0.2, -0.15) is 10.2 Å². The van der Waals surface area contributed by atoms with Crippen molar-refractivity contribution in [2.75, 3.05) is 0 Å². The van der Waals surface area contributed by atoms with E-state index in [1.54, 1.807) is 0 Å². The minimum atomic E-state index is -0.585. The van der Waals surface area contributed by atoms with E-state index in [1.807, 2.05) is 44.2 Å². The van der Waals surface area contributed by atoms with Gasteiger partial charge in [-0.3, -0.25) is 0 Å². The monoisotopic (exact) mass is 262 g/mol. The third-order valence-electron chi connectivity index (χ3n) is 2.82. The zero-order valence-electron chi connectivity index (χ0n) is 10.4. The molecule has 1 unspecified atom stereocenters. The lowest BCUT2D eigenvalue weighted by atomic mass is 10.0. The van der Waals surface area contributed by atoms with E-state index < -0.39 is 6.10 Å². The second-order valence-corrected chi connectivity index (χ2v) is 4.81. The molecule has 1 aromatic heterocycles. The van der Waals surface area contributed by atoms with Gasteiger partial charge in [-0.1, -0.05) is 23.7 Å². The highest BCUT2D eigenvalue weighted by Gasteiger charge is 2.13. The zero-order chi connectivity index (χ0) is 13.1. The Morgan fingerprint density at radius 1 is 1.22 bits per heavy atom. The Labute approximate surface area is 111 Å². The van der Waals surface area contributed by atoms with Crippen molar-refractivity contribution in [3.8, 4) is 0 Å². The molecule has 1 N–H and O–H groups in total. The van der Waals surface area contributed by atoms with E-state index in [0.717, 1.165) is 22.5 Å². The number of aliphatic hydroxyl groups is 1. The molecule has 0 fully saturated rings. The summed E-state index contributed by atoms with van der Waals surface area (Å²) >= 11 is 5.93. The number of halogens is 1. The Kier molecular flexibility index (Phi) is 3.94. The normalized spacial score (nSPS) is 12.4. The van der Waals surface area contributed by atoms with Gasteiger partial charge in [0, 0.05) is 17.0 Å². The maximum atomic E-state index is 10.3. The molecule has 4 heteroatoms. The van der Waals surface area contributed by atoms with Crippen molar-refractivity contribution in [3.63, 3.8) is 0 Å². The van der Waals surface area contributed by atoms with Crippen LogP contribution < -0.4 is 0 Å². The summed E-state index contributed by atoms with van der Waals surface area (Å²) in [5.41, 5.74) is 3.39. The predicted octanol–water partition coefficient (Wildman–Crippen LogP) is 3.02. The van der Waals surface area contributed by atoms with E-state index in [4.69, 9.17) is 11.6 Å². The van der Waals surface area contributed by atoms with Crippen molar-refractivity contribution in [2.45, 2.75) is 26.4 Å². The van der Waals surface area contributed by atoms with Crippen LogP contribution in [0.3, 0.4) is 0 Å². The third kappa shape index (κ3) is 3.06. The smallest absolute Gasteiger partial charge is 0.0849 e. The maximum Gasteiger partial charge on any atom is 0.0849 e. The molecule has 3 nitrogen and oxygen atoms in total. The predicted molar refractivity (Wildman–Crippen MR) is 71.6 cm³/mol. The van der Waals surface area contributed by atoms with Gasteiger partial charge in [-0.15, -0.1) is 0 Å². The van der Waals surface area contributed by atoms with Crippen LogP contribution in [0.25, 0.3) is 0 Å². The Hall–Kier alpha value is -1.45. The Morgan fingerprint density at radius 2 is 2.00 bits per heavy atom. The fourth-order valence-electron chi connectivity index (χ4n) is 1.90. The van der Waals surface area contributed by atoms with Crippen molar-refractivity contribution in [2.24, 2.45) is 0 Å². The molecule has 0 spiro atoms. The van der Waals surface area contributed by atoms with E-state index >= 15 is 0 Å². The van der Waals surface area contributed by atoms with E-state index in [-0.39, 0.29) is 0 Å². The molecule has 1 aromatic carbocycles. The second-order valence-electron chi connectivity index (χ2n) is 4.38. The summed E-state index contributed by atoms with van der Waals surface area (Å²) in [6, 6.07) is 9.39. The lowest BCUT2D eigenvalue weighted by Crippen LogP contribution is -2.07. The Balaban J connectivity index is 2.21. The van der Waals surface area contributed by atoms with Gasteiger partial charge in [-0.05, 0) is 37.6 Å². The average Bonchev–Trinajstić information content (AvgIpc) is 2.32. The van der Waals surface area contributed by atoms with E-state index in [9.17, 15) is 5.11 Å². The van der Waals surface area contributed by atoms with Crippen molar-refractivity contribution in [3.05, 3.63) is 57.9 Å². The lowest BCUT2D eigenvalue weighted by molar-refractivity contribution is 0.177. The van der Waals surface area contributed by atoms with E-state index in [2.05, 4.69) is 10.2 Å². The summed E-state index contributed by atoms with van der Waals surface area (Å²) in [7, 11) is 0. The molecule has 0 amide bonds. The van der Waals surface area contributed by atoms with Gasteiger partial charge in [0.05, 0.1) is 17.5 Å². The molecule has 2 rings (SSSR count). The summed E-state index contributed by atoms with van der Waals surface area (Å²) in [5, 5.41) is 18.9. The first-order chi connectivity index (χ1) is 8.56. The first kappa shape index (κ1) is 13.0. The zero-order valence-corrected chi connectivity index (χ0v) is 11.1. The Morgan fingerprint density at radius 3 is 2.72 bits per heavy atom. The molecule has 1 heterocycles. The molecule has 0 saturated heterocycles. The molecular formula is C14H15ClN2O. The molecule has 2 aromatic rings.